The Labute approximate surface area is 414 Å². The summed E-state index contributed by atoms with van der Waals surface area (Å²) >= 11 is 3.81. The zero-order chi connectivity index (χ0) is 48.3. The van der Waals surface area contributed by atoms with E-state index in [1.165, 1.54) is 34.2 Å². The van der Waals surface area contributed by atoms with E-state index in [9.17, 15) is 23.3 Å². The second-order valence-corrected chi connectivity index (χ2v) is 28.4. The molecule has 4 aliphatic rings. The number of fused-ring (bicyclic) bond motifs is 2. The molecule has 3 saturated heterocycles. The number of nitrogens with zero attached hydrogens (tertiary/aromatic N) is 6. The molecule has 3 aromatic carbocycles. The molecule has 5 heterocycles. The number of halogens is 1. The first kappa shape index (κ1) is 49.1. The first-order chi connectivity index (χ1) is 33.1. The lowest BCUT2D eigenvalue weighted by molar-refractivity contribution is -0.384. The summed E-state index contributed by atoms with van der Waals surface area (Å²) in [4.78, 5) is 37.2. The summed E-state index contributed by atoms with van der Waals surface area (Å²) in [6, 6.07) is 20.4. The van der Waals surface area contributed by atoms with Crippen LogP contribution in [0.2, 0.25) is 25.7 Å². The van der Waals surface area contributed by atoms with Crippen LogP contribution in [-0.4, -0.2) is 119 Å². The lowest BCUT2D eigenvalue weighted by atomic mass is 9.77. The SMILES string of the molecule is C[Si](C)(C)CCOCn1ccc2cc(Oc3cc(N4CCN(C5CCCCc6c(Br)cccc65)CC4)ccc3C(=O)NS(=O)(=O)c3ccc(NCCN4CCC5(CC4)COC5)c([N+](=O)[O-])c3)cnc21. The molecule has 0 bridgehead atoms. The van der Waals surface area contributed by atoms with Gasteiger partial charge in [-0.3, -0.25) is 19.8 Å². The molecular formula is C50H63BrN8O8SSi. The van der Waals surface area contributed by atoms with Crippen molar-refractivity contribution in [1.29, 1.82) is 0 Å². The molecule has 3 aliphatic heterocycles. The molecule has 1 amide bonds. The lowest BCUT2D eigenvalue weighted by Crippen LogP contribution is -2.51. The van der Waals surface area contributed by atoms with Gasteiger partial charge in [0.15, 0.2) is 0 Å². The number of piperazine rings is 1. The Morgan fingerprint density at radius 2 is 1.80 bits per heavy atom. The molecule has 16 nitrogen and oxygen atoms in total. The van der Waals surface area contributed by atoms with Crippen molar-refractivity contribution in [2.24, 2.45) is 5.41 Å². The van der Waals surface area contributed by atoms with Crippen LogP contribution in [0.4, 0.5) is 17.1 Å². The number of nitro groups is 1. The summed E-state index contributed by atoms with van der Waals surface area (Å²) in [7, 11) is -5.83. The molecule has 1 unspecified atom stereocenters. The molecular weight excluding hydrogens is 981 g/mol. The van der Waals surface area contributed by atoms with Gasteiger partial charge in [-0.15, -0.1) is 0 Å². The van der Waals surface area contributed by atoms with Crippen molar-refractivity contribution in [3.8, 4) is 11.5 Å². The molecule has 2 N–H and O–H groups in total. The normalized spacial score (nSPS) is 18.9. The second kappa shape index (κ2) is 20.8. The zero-order valence-corrected chi connectivity index (χ0v) is 43.2. The number of sulfonamides is 1. The van der Waals surface area contributed by atoms with Gasteiger partial charge in [-0.2, -0.15) is 0 Å². The summed E-state index contributed by atoms with van der Waals surface area (Å²) < 4.78 is 51.0. The highest BCUT2D eigenvalue weighted by Gasteiger charge is 2.41. The van der Waals surface area contributed by atoms with Gasteiger partial charge in [0.1, 0.15) is 29.6 Å². The van der Waals surface area contributed by atoms with E-state index in [0.29, 0.717) is 49.3 Å². The predicted molar refractivity (Wildman–Crippen MR) is 274 cm³/mol. The number of aromatic nitrogens is 2. The molecule has 1 atom stereocenters. The molecule has 9 rings (SSSR count). The van der Waals surface area contributed by atoms with Gasteiger partial charge in [0.2, 0.25) is 0 Å². The maximum Gasteiger partial charge on any atom is 0.293 e. The van der Waals surface area contributed by atoms with E-state index in [2.05, 4.69) is 78.5 Å². The fourth-order valence-corrected chi connectivity index (χ4v) is 12.3. The van der Waals surface area contributed by atoms with Crippen molar-refractivity contribution < 1.29 is 32.3 Å². The number of anilines is 2. The summed E-state index contributed by atoms with van der Waals surface area (Å²) in [5.41, 5.74) is 4.39. The number of piperidine rings is 1. The topological polar surface area (TPSA) is 174 Å². The van der Waals surface area contributed by atoms with Gasteiger partial charge < -0.3 is 33.9 Å². The molecule has 2 aromatic heterocycles. The maximum atomic E-state index is 14.2. The molecule has 19 heteroatoms. The van der Waals surface area contributed by atoms with Gasteiger partial charge in [-0.25, -0.2) is 18.1 Å². The largest absolute Gasteiger partial charge is 0.455 e. The predicted octanol–water partition coefficient (Wildman–Crippen LogP) is 9.04. The highest BCUT2D eigenvalue weighted by Crippen LogP contribution is 2.40. The summed E-state index contributed by atoms with van der Waals surface area (Å²) in [6.07, 6.45) is 10.1. The van der Waals surface area contributed by atoms with Crippen LogP contribution in [0, 0.1) is 15.5 Å². The number of carbonyl (C=O) groups is 1. The zero-order valence-electron chi connectivity index (χ0n) is 39.8. The van der Waals surface area contributed by atoms with Gasteiger partial charge in [-0.1, -0.05) is 54.1 Å². The molecule has 1 spiro atoms. The van der Waals surface area contributed by atoms with Crippen molar-refractivity contribution in [1.82, 2.24) is 24.1 Å². The number of hydrogen-bond acceptors (Lipinski definition) is 13. The first-order valence-corrected chi connectivity index (χ1v) is 30.1. The van der Waals surface area contributed by atoms with Gasteiger partial charge in [0, 0.05) is 99.3 Å². The minimum atomic E-state index is -4.58. The molecule has 1 aliphatic carbocycles. The van der Waals surface area contributed by atoms with E-state index in [1.54, 1.807) is 24.4 Å². The summed E-state index contributed by atoms with van der Waals surface area (Å²) in [5.74, 6) is -0.458. The Morgan fingerprint density at radius 1 is 1.00 bits per heavy atom. The van der Waals surface area contributed by atoms with Crippen LogP contribution in [-0.2, 0) is 32.6 Å². The van der Waals surface area contributed by atoms with E-state index in [1.807, 2.05) is 22.9 Å². The van der Waals surface area contributed by atoms with E-state index < -0.39 is 39.5 Å². The third kappa shape index (κ3) is 11.5. The summed E-state index contributed by atoms with van der Waals surface area (Å²) in [6.45, 7) is 15.7. The van der Waals surface area contributed by atoms with E-state index in [-0.39, 0.29) is 17.0 Å². The molecule has 3 fully saturated rings. The molecule has 0 saturated carbocycles. The Kier molecular flexibility index (Phi) is 14.8. The van der Waals surface area contributed by atoms with Crippen LogP contribution in [0.5, 0.6) is 11.5 Å². The molecule has 69 heavy (non-hydrogen) atoms. The van der Waals surface area contributed by atoms with Crippen LogP contribution in [0.25, 0.3) is 11.0 Å². The average Bonchev–Trinajstić information content (AvgIpc) is 3.58. The minimum absolute atomic E-state index is 0.0312. The number of carbonyl (C=O) groups excluding carboxylic acids is 1. The number of pyridine rings is 1. The van der Waals surface area contributed by atoms with Crippen LogP contribution >= 0.6 is 15.9 Å². The van der Waals surface area contributed by atoms with Crippen LogP contribution in [0.15, 0.2) is 88.5 Å². The Balaban J connectivity index is 0.921. The number of hydrogen-bond donors (Lipinski definition) is 2. The van der Waals surface area contributed by atoms with E-state index >= 15 is 0 Å². The van der Waals surface area contributed by atoms with Crippen LogP contribution in [0.1, 0.15) is 59.6 Å². The van der Waals surface area contributed by atoms with Gasteiger partial charge in [0.05, 0.1) is 34.8 Å². The van der Waals surface area contributed by atoms with Gasteiger partial charge in [0.25, 0.3) is 21.6 Å². The standard InChI is InChI=1S/C50H63BrN8O8SSi/c1-69(2,3)28-27-65-35-58-19-15-36-29-38(32-53-48(36)58)67-47-30-37(56-23-25-57(26-24-56)45-10-5-4-7-40-41(45)8-6-9-43(40)51)11-13-42(47)49(60)54-68(63,64)39-12-14-44(46(31-39)59(61)62)52-18-22-55-20-16-50(17-21-55)33-66-34-50/h6,8-9,11-15,19,29-32,45,52H,4-5,7,10,16-18,20-28,33-35H2,1-3H3,(H,54,60). The number of amides is 1. The fraction of sp³-hybridized carbons (Fsp3) is 0.480. The Morgan fingerprint density at radius 3 is 2.54 bits per heavy atom. The molecule has 368 valence electrons. The Bertz CT molecular complexity index is 2780. The van der Waals surface area contributed by atoms with Crippen molar-refractivity contribution >= 4 is 68.0 Å². The number of benzene rings is 3. The minimum Gasteiger partial charge on any atom is -0.455 e. The molecule has 5 aromatic rings. The van der Waals surface area contributed by atoms with Gasteiger partial charge >= 0.3 is 0 Å². The highest BCUT2D eigenvalue weighted by atomic mass is 79.9. The monoisotopic (exact) mass is 1040 g/mol. The van der Waals surface area contributed by atoms with Crippen LogP contribution < -0.4 is 19.7 Å². The van der Waals surface area contributed by atoms with Crippen LogP contribution in [0.3, 0.4) is 0 Å². The third-order valence-corrected chi connectivity index (χ3v) is 18.0. The quantitative estimate of drug-likeness (QED) is 0.0297. The smallest absolute Gasteiger partial charge is 0.293 e. The van der Waals surface area contributed by atoms with Crippen molar-refractivity contribution in [2.45, 2.75) is 81.9 Å². The lowest BCUT2D eigenvalue weighted by Gasteiger charge is -2.47. The number of ether oxygens (including phenoxy) is 3. The van der Waals surface area contributed by atoms with E-state index in [0.717, 1.165) is 108 Å². The fourth-order valence-electron chi connectivity index (χ4n) is 9.98. The number of nitro benzene ring substituents is 1. The number of likely N-dealkylation sites (tertiary alicyclic amines) is 1. The van der Waals surface area contributed by atoms with E-state index in [4.69, 9.17) is 19.2 Å². The van der Waals surface area contributed by atoms with Crippen molar-refractivity contribution in [3.05, 3.63) is 110 Å². The third-order valence-electron chi connectivity index (χ3n) is 14.2. The number of rotatable bonds is 17. The highest BCUT2D eigenvalue weighted by molar-refractivity contribution is 9.10. The van der Waals surface area contributed by atoms with Gasteiger partial charge in [-0.05, 0) is 105 Å². The first-order valence-electron chi connectivity index (χ1n) is 24.1. The maximum absolute atomic E-state index is 14.2. The van der Waals surface area contributed by atoms with Crippen molar-refractivity contribution in [3.63, 3.8) is 0 Å². The average molecular weight is 1040 g/mol. The van der Waals surface area contributed by atoms with Crippen molar-refractivity contribution in [2.75, 3.05) is 82.4 Å². The summed E-state index contributed by atoms with van der Waals surface area (Å²) in [5, 5.41) is 16.2. The Hall–Kier alpha value is -4.89. The number of nitrogens with one attached hydrogen (secondary N) is 2. The molecule has 0 radical (unpaired) electrons. The second-order valence-electron chi connectivity index (χ2n) is 20.2.